The zero-order chi connectivity index (χ0) is 28.0. The fourth-order valence-corrected chi connectivity index (χ4v) is 6.69. The Labute approximate surface area is 266 Å². The second kappa shape index (κ2) is 17.8. The van der Waals surface area contributed by atoms with Gasteiger partial charge in [-0.3, -0.25) is 4.98 Å². The van der Waals surface area contributed by atoms with Gasteiger partial charge in [-0.1, -0.05) is 127 Å². The van der Waals surface area contributed by atoms with Gasteiger partial charge in [-0.2, -0.15) is 0 Å². The average Bonchev–Trinajstić information content (AvgIpc) is 3.47. The monoisotopic (exact) mass is 687 g/mol. The van der Waals surface area contributed by atoms with E-state index in [4.69, 9.17) is 0 Å². The summed E-state index contributed by atoms with van der Waals surface area (Å²) in [6.45, 7) is 3.27. The van der Waals surface area contributed by atoms with E-state index in [1.807, 2.05) is 54.8 Å². The van der Waals surface area contributed by atoms with Crippen molar-refractivity contribution in [1.29, 1.82) is 0 Å². The molecule has 0 fully saturated rings. The Morgan fingerprint density at radius 3 is 1.46 bits per heavy atom. The van der Waals surface area contributed by atoms with E-state index in [1.54, 1.807) is 0 Å². The molecule has 1 aliphatic heterocycles. The molecule has 3 nitrogen and oxygen atoms in total. The van der Waals surface area contributed by atoms with Crippen LogP contribution in [0.5, 0.6) is 0 Å². The first-order valence-electron chi connectivity index (χ1n) is 12.8. The van der Waals surface area contributed by atoms with Gasteiger partial charge in [-0.25, -0.2) is 0 Å². The molecule has 0 saturated carbocycles. The summed E-state index contributed by atoms with van der Waals surface area (Å²) >= 11 is 2.22. The summed E-state index contributed by atoms with van der Waals surface area (Å²) < 4.78 is 0. The molecule has 4 aromatic carbocycles. The third-order valence-electron chi connectivity index (χ3n) is 6.13. The third-order valence-corrected chi connectivity index (χ3v) is 8.57. The molecule has 0 bridgehead atoms. The molecule has 210 valence electrons. The zero-order valence-corrected chi connectivity index (χ0v) is 26.4. The Balaban J connectivity index is 0.000000208. The normalized spacial score (nSPS) is 12.4. The standard InChI is InChI=1S/C18H15P.C16H15N3.2ClH.Pd/c1-4-10-16(11-5-1)19(17-12-6-2-7-13-17)18-14-8-3-9-15-18;1-18-11-12-19(13-18)16(14-7-3-2-4-8-14)15-9-5-6-10-17-15;;;/h1-15H;2-12,16H,1H3;2*1H;/q;;;;+2/p-2/t;16-;;;/m.1.../s1. The topological polar surface area (TPSA) is 19.4 Å². The summed E-state index contributed by atoms with van der Waals surface area (Å²) in [5, 5.41) is 4.19. The SMILES string of the molecule is CN1[C]N([C@H](c2ccccc2)c2ccccn2)C=C1.[Cl-].[Cl][Pd+].c1ccc(P(c2ccccc2)c2ccccc2)cc1. The fraction of sp³-hybridized carbons (Fsp3) is 0.0588. The van der Waals surface area contributed by atoms with E-state index in [9.17, 15) is 0 Å². The second-order valence-corrected chi connectivity index (χ2v) is 11.0. The van der Waals surface area contributed by atoms with Gasteiger partial charge in [-0.05, 0) is 41.5 Å². The van der Waals surface area contributed by atoms with Crippen LogP contribution in [0.25, 0.3) is 0 Å². The van der Waals surface area contributed by atoms with Crippen LogP contribution in [0, 0.1) is 6.67 Å². The van der Waals surface area contributed by atoms with E-state index in [2.05, 4.69) is 160 Å². The first kappa shape index (κ1) is 32.6. The number of nitrogens with zero attached hydrogens (tertiary/aromatic N) is 3. The van der Waals surface area contributed by atoms with E-state index < -0.39 is 7.92 Å². The summed E-state index contributed by atoms with van der Waals surface area (Å²) in [5.74, 6) is 0. The minimum Gasteiger partial charge on any atom is -0.0622 e. The van der Waals surface area contributed by atoms with Crippen molar-refractivity contribution in [2.24, 2.45) is 0 Å². The maximum absolute atomic E-state index is 4.49. The number of aromatic nitrogens is 1. The van der Waals surface area contributed by atoms with Crippen LogP contribution in [0.2, 0.25) is 0 Å². The number of pyridine rings is 1. The molecule has 6 rings (SSSR count). The Kier molecular flexibility index (Phi) is 14.1. The molecule has 5 aromatic rings. The molecule has 0 aliphatic carbocycles. The molecule has 7 heteroatoms. The third kappa shape index (κ3) is 9.27. The summed E-state index contributed by atoms with van der Waals surface area (Å²) in [5.41, 5.74) is 2.22. The van der Waals surface area contributed by atoms with Crippen molar-refractivity contribution >= 4 is 33.4 Å². The zero-order valence-electron chi connectivity index (χ0n) is 22.4. The second-order valence-electron chi connectivity index (χ2n) is 8.83. The minimum atomic E-state index is -0.446. The van der Waals surface area contributed by atoms with E-state index in [0.29, 0.717) is 0 Å². The molecule has 0 saturated heterocycles. The number of benzene rings is 4. The van der Waals surface area contributed by atoms with Gasteiger partial charge in [-0.15, -0.1) is 0 Å². The van der Waals surface area contributed by atoms with Gasteiger partial charge in [0, 0.05) is 25.6 Å². The van der Waals surface area contributed by atoms with Crippen molar-refractivity contribution in [1.82, 2.24) is 14.8 Å². The van der Waals surface area contributed by atoms with Crippen LogP contribution in [0.3, 0.4) is 0 Å². The van der Waals surface area contributed by atoms with Crippen LogP contribution < -0.4 is 28.3 Å². The molecule has 41 heavy (non-hydrogen) atoms. The Morgan fingerprint density at radius 1 is 0.634 bits per heavy atom. The van der Waals surface area contributed by atoms with Crippen LogP contribution in [0.4, 0.5) is 0 Å². The predicted molar refractivity (Wildman–Crippen MR) is 166 cm³/mol. The fourth-order valence-electron chi connectivity index (χ4n) is 4.39. The van der Waals surface area contributed by atoms with Crippen molar-refractivity contribution in [2.45, 2.75) is 6.04 Å². The van der Waals surface area contributed by atoms with Crippen LogP contribution in [-0.4, -0.2) is 21.8 Å². The van der Waals surface area contributed by atoms with Crippen molar-refractivity contribution < 1.29 is 30.6 Å². The molecule has 0 amide bonds. The van der Waals surface area contributed by atoms with Gasteiger partial charge in [0.1, 0.15) is 0 Å². The number of hydrogen-bond donors (Lipinski definition) is 0. The predicted octanol–water partition coefficient (Wildman–Crippen LogP) is 4.02. The maximum atomic E-state index is 4.49. The van der Waals surface area contributed by atoms with Crippen molar-refractivity contribution in [3.05, 3.63) is 176 Å². The van der Waals surface area contributed by atoms with Crippen LogP contribution >= 0.6 is 17.5 Å². The number of hydrogen-bond acceptors (Lipinski definition) is 3. The molecule has 2 heterocycles. The largest absolute Gasteiger partial charge is 0.0622 e. The summed E-state index contributed by atoms with van der Waals surface area (Å²) in [4.78, 5) is 8.46. The van der Waals surface area contributed by atoms with E-state index in [0.717, 1.165) is 5.69 Å². The molecule has 2 radical (unpaired) electrons. The molecule has 1 aromatic heterocycles. The van der Waals surface area contributed by atoms with Gasteiger partial charge in [0.15, 0.2) is 0 Å². The molecule has 1 atom stereocenters. The first-order valence-corrected chi connectivity index (χ1v) is 16.1. The Morgan fingerprint density at radius 2 is 1.07 bits per heavy atom. The molecular weight excluding hydrogens is 659 g/mol. The van der Waals surface area contributed by atoms with E-state index in [-0.39, 0.29) is 18.4 Å². The first-order chi connectivity index (χ1) is 19.8. The van der Waals surface area contributed by atoms with Crippen LogP contribution in [0.15, 0.2) is 158 Å². The smallest absolute Gasteiger partial charge is 0.0134 e. The van der Waals surface area contributed by atoms with Crippen molar-refractivity contribution in [2.75, 3.05) is 7.05 Å². The molecular formula is C34H30Cl2N3PPd. The average molecular weight is 689 g/mol. The maximum Gasteiger partial charge on any atom is -0.0134 e. The minimum absolute atomic E-state index is 0. The van der Waals surface area contributed by atoms with E-state index in [1.165, 1.54) is 21.5 Å². The molecule has 0 spiro atoms. The molecule has 0 N–H and O–H groups in total. The Bertz CT molecular complexity index is 1280. The number of halogens is 2. The van der Waals surface area contributed by atoms with Gasteiger partial charge in [0.2, 0.25) is 6.67 Å². The van der Waals surface area contributed by atoms with Crippen LogP contribution in [-0.2, 0) is 18.2 Å². The quantitative estimate of drug-likeness (QED) is 0.199. The molecule has 0 unspecified atom stereocenters. The van der Waals surface area contributed by atoms with Crippen LogP contribution in [0.1, 0.15) is 17.3 Å². The molecule has 1 aliphatic rings. The van der Waals surface area contributed by atoms with Gasteiger partial charge in [0.05, 0.1) is 11.7 Å². The van der Waals surface area contributed by atoms with Gasteiger partial charge >= 0.3 is 27.7 Å². The van der Waals surface area contributed by atoms with Gasteiger partial charge < -0.3 is 22.2 Å². The Hall–Kier alpha value is -2.96. The summed E-state index contributed by atoms with van der Waals surface area (Å²) in [6.07, 6.45) is 5.83. The summed E-state index contributed by atoms with van der Waals surface area (Å²) in [7, 11) is 6.01. The van der Waals surface area contributed by atoms with Gasteiger partial charge in [0.25, 0.3) is 0 Å². The summed E-state index contributed by atoms with van der Waals surface area (Å²) in [6, 6.07) is 48.7. The number of rotatable bonds is 6. The van der Waals surface area contributed by atoms with Crippen molar-refractivity contribution in [3.8, 4) is 0 Å². The van der Waals surface area contributed by atoms with Crippen molar-refractivity contribution in [3.63, 3.8) is 0 Å². The van der Waals surface area contributed by atoms with E-state index >= 15 is 0 Å².